The number of aromatic carboxylic acids is 1. The molecule has 2 aromatic rings. The third-order valence-electron chi connectivity index (χ3n) is 2.37. The van der Waals surface area contributed by atoms with Gasteiger partial charge >= 0.3 is 35.5 Å². The van der Waals surface area contributed by atoms with Crippen molar-refractivity contribution < 1.29 is 9.90 Å². The van der Waals surface area contributed by atoms with E-state index in [1.807, 2.05) is 6.07 Å². The number of aromatic nitrogens is 2. The van der Waals surface area contributed by atoms with E-state index in [4.69, 9.17) is 10.4 Å². The van der Waals surface area contributed by atoms with Gasteiger partial charge in [0.15, 0.2) is 0 Å². The second-order valence-corrected chi connectivity index (χ2v) is 3.52. The summed E-state index contributed by atoms with van der Waals surface area (Å²) in [6.07, 6.45) is 2.79. The molecule has 1 N–H and O–H groups in total. The standard InChI is InChI=1S/C12H9N3O2.Na.H/c13-5-9-1-3-10(4-2-9)7-15-8-14-6-11(15)12(16)17;;/h1-4,6,8H,7H2,(H,16,17);;. The van der Waals surface area contributed by atoms with Crippen LogP contribution < -0.4 is 0 Å². The third-order valence-corrected chi connectivity index (χ3v) is 2.37. The Hall–Kier alpha value is -1.61. The Morgan fingerprint density at radius 2 is 2.06 bits per heavy atom. The van der Waals surface area contributed by atoms with Gasteiger partial charge in [0.25, 0.3) is 0 Å². The Morgan fingerprint density at radius 3 is 2.61 bits per heavy atom. The van der Waals surface area contributed by atoms with Crippen LogP contribution >= 0.6 is 0 Å². The molecule has 6 heteroatoms. The molecule has 1 heterocycles. The van der Waals surface area contributed by atoms with Crippen molar-refractivity contribution in [3.8, 4) is 6.07 Å². The number of carboxylic acids is 1. The van der Waals surface area contributed by atoms with Crippen LogP contribution in [0.2, 0.25) is 0 Å². The number of imidazole rings is 1. The molecule has 86 valence electrons. The molecule has 0 atom stereocenters. The summed E-state index contributed by atoms with van der Waals surface area (Å²) in [5, 5.41) is 17.6. The Morgan fingerprint density at radius 1 is 1.39 bits per heavy atom. The zero-order chi connectivity index (χ0) is 12.3. The van der Waals surface area contributed by atoms with Crippen LogP contribution in [-0.4, -0.2) is 50.2 Å². The fraction of sp³-hybridized carbons (Fsp3) is 0.0833. The zero-order valence-corrected chi connectivity index (χ0v) is 8.87. The van der Waals surface area contributed by atoms with Crippen LogP contribution in [0.15, 0.2) is 36.8 Å². The van der Waals surface area contributed by atoms with Gasteiger partial charge < -0.3 is 9.67 Å². The Labute approximate surface area is 126 Å². The number of rotatable bonds is 3. The molecule has 1 aromatic heterocycles. The van der Waals surface area contributed by atoms with E-state index in [1.54, 1.807) is 28.8 Å². The Bertz CT molecular complexity index is 584. The van der Waals surface area contributed by atoms with Gasteiger partial charge in [-0.2, -0.15) is 5.26 Å². The number of nitriles is 1. The molecule has 2 rings (SSSR count). The van der Waals surface area contributed by atoms with Crippen molar-refractivity contribution >= 4 is 35.5 Å². The summed E-state index contributed by atoms with van der Waals surface area (Å²) >= 11 is 0. The van der Waals surface area contributed by atoms with Crippen molar-refractivity contribution in [2.45, 2.75) is 6.54 Å². The number of carbonyl (C=O) groups is 1. The van der Waals surface area contributed by atoms with E-state index >= 15 is 0 Å². The second-order valence-electron chi connectivity index (χ2n) is 3.52. The van der Waals surface area contributed by atoms with Crippen molar-refractivity contribution in [3.05, 3.63) is 53.6 Å². The summed E-state index contributed by atoms with van der Waals surface area (Å²) in [7, 11) is 0. The van der Waals surface area contributed by atoms with Crippen LogP contribution in [0.25, 0.3) is 0 Å². The van der Waals surface area contributed by atoms with Crippen LogP contribution in [0.5, 0.6) is 0 Å². The van der Waals surface area contributed by atoms with Gasteiger partial charge in [-0.25, -0.2) is 9.78 Å². The molecule has 0 aliphatic rings. The van der Waals surface area contributed by atoms with E-state index in [-0.39, 0.29) is 35.3 Å². The molecule has 0 saturated carbocycles. The van der Waals surface area contributed by atoms with Crippen LogP contribution in [0.1, 0.15) is 21.6 Å². The average Bonchev–Trinajstić information content (AvgIpc) is 2.78. The first-order valence-corrected chi connectivity index (χ1v) is 4.93. The van der Waals surface area contributed by atoms with Crippen LogP contribution in [-0.2, 0) is 6.54 Å². The molecule has 0 radical (unpaired) electrons. The molecule has 5 nitrogen and oxygen atoms in total. The number of carboxylic acid groups (broad SMARTS) is 1. The van der Waals surface area contributed by atoms with Crippen LogP contribution in [0, 0.1) is 11.3 Å². The fourth-order valence-corrected chi connectivity index (χ4v) is 1.51. The molecule has 0 aliphatic heterocycles. The quantitative estimate of drug-likeness (QED) is 0.820. The summed E-state index contributed by atoms with van der Waals surface area (Å²) in [5.41, 5.74) is 1.65. The van der Waals surface area contributed by atoms with Gasteiger partial charge in [0, 0.05) is 6.54 Å². The molecular formula is C12H10N3NaO2. The molecule has 0 saturated heterocycles. The van der Waals surface area contributed by atoms with Gasteiger partial charge in [0.1, 0.15) is 5.69 Å². The zero-order valence-electron chi connectivity index (χ0n) is 8.87. The van der Waals surface area contributed by atoms with E-state index in [0.29, 0.717) is 12.1 Å². The summed E-state index contributed by atoms with van der Waals surface area (Å²) in [6.45, 7) is 0.424. The minimum absolute atomic E-state index is 0. The predicted molar refractivity (Wildman–Crippen MR) is 66.6 cm³/mol. The average molecular weight is 251 g/mol. The van der Waals surface area contributed by atoms with Crippen LogP contribution in [0.3, 0.4) is 0 Å². The maximum atomic E-state index is 10.9. The van der Waals surface area contributed by atoms with Gasteiger partial charge in [-0.3, -0.25) is 0 Å². The van der Waals surface area contributed by atoms with Gasteiger partial charge in [-0.1, -0.05) is 12.1 Å². The predicted octanol–water partition coefficient (Wildman–Crippen LogP) is 0.853. The van der Waals surface area contributed by atoms with E-state index in [2.05, 4.69) is 4.98 Å². The molecule has 0 aliphatic carbocycles. The van der Waals surface area contributed by atoms with E-state index in [9.17, 15) is 4.79 Å². The monoisotopic (exact) mass is 251 g/mol. The molecular weight excluding hydrogens is 241 g/mol. The first-order valence-electron chi connectivity index (χ1n) is 4.93. The van der Waals surface area contributed by atoms with Gasteiger partial charge in [0.2, 0.25) is 0 Å². The molecule has 0 unspecified atom stereocenters. The number of benzene rings is 1. The van der Waals surface area contributed by atoms with E-state index in [0.717, 1.165) is 5.56 Å². The van der Waals surface area contributed by atoms with Crippen molar-refractivity contribution in [2.24, 2.45) is 0 Å². The van der Waals surface area contributed by atoms with Crippen molar-refractivity contribution in [1.29, 1.82) is 5.26 Å². The maximum absolute atomic E-state index is 10.9. The first-order chi connectivity index (χ1) is 8.20. The third kappa shape index (κ3) is 3.20. The summed E-state index contributed by atoms with van der Waals surface area (Å²) in [5.74, 6) is -1.00. The number of hydrogen-bond donors (Lipinski definition) is 1. The molecule has 1 aromatic carbocycles. The first kappa shape index (κ1) is 14.5. The van der Waals surface area contributed by atoms with Crippen molar-refractivity contribution in [2.75, 3.05) is 0 Å². The molecule has 0 fully saturated rings. The minimum atomic E-state index is -1.00. The molecule has 0 spiro atoms. The second kappa shape index (κ2) is 6.36. The van der Waals surface area contributed by atoms with Crippen molar-refractivity contribution in [3.63, 3.8) is 0 Å². The van der Waals surface area contributed by atoms with Gasteiger partial charge in [-0.15, -0.1) is 0 Å². The van der Waals surface area contributed by atoms with Crippen molar-refractivity contribution in [1.82, 2.24) is 9.55 Å². The van der Waals surface area contributed by atoms with Crippen LogP contribution in [0.4, 0.5) is 0 Å². The molecule has 0 bridgehead atoms. The summed E-state index contributed by atoms with van der Waals surface area (Å²) in [6, 6.07) is 9.02. The van der Waals surface area contributed by atoms with E-state index < -0.39 is 5.97 Å². The molecule has 18 heavy (non-hydrogen) atoms. The SMILES string of the molecule is N#Cc1ccc(Cn2cncc2C(=O)O)cc1.[NaH]. The fourth-order valence-electron chi connectivity index (χ4n) is 1.51. The van der Waals surface area contributed by atoms with Gasteiger partial charge in [-0.05, 0) is 17.7 Å². The number of nitrogens with zero attached hydrogens (tertiary/aromatic N) is 3. The van der Waals surface area contributed by atoms with Gasteiger partial charge in [0.05, 0.1) is 24.2 Å². The topological polar surface area (TPSA) is 78.9 Å². The Balaban J connectivity index is 0.00000162. The molecule has 0 amide bonds. The Kier molecular flexibility index (Phi) is 5.10. The number of hydrogen-bond acceptors (Lipinski definition) is 3. The summed E-state index contributed by atoms with van der Waals surface area (Å²) < 4.78 is 1.55. The summed E-state index contributed by atoms with van der Waals surface area (Å²) in [4.78, 5) is 14.7. The normalized spacial score (nSPS) is 9.28. The van der Waals surface area contributed by atoms with E-state index in [1.165, 1.54) is 12.5 Å².